The second-order valence-electron chi connectivity index (χ2n) is 7.39. The number of anilines is 1. The first-order chi connectivity index (χ1) is 17.4. The highest BCUT2D eigenvalue weighted by Gasteiger charge is 2.16. The maximum Gasteiger partial charge on any atom is 0.262 e. The zero-order valence-electron chi connectivity index (χ0n) is 18.8. The Bertz CT molecular complexity index is 1480. The van der Waals surface area contributed by atoms with Gasteiger partial charge in [-0.15, -0.1) is 11.3 Å². The van der Waals surface area contributed by atoms with E-state index in [1.54, 1.807) is 36.4 Å². The average Bonchev–Trinajstić information content (AvgIpc) is 3.28. The number of carbonyl (C=O) groups excluding carboxylic acids is 1. The van der Waals surface area contributed by atoms with E-state index in [1.165, 1.54) is 11.3 Å². The second kappa shape index (κ2) is 11.8. The van der Waals surface area contributed by atoms with Crippen LogP contribution in [0.5, 0.6) is 11.5 Å². The van der Waals surface area contributed by atoms with Crippen molar-refractivity contribution in [1.82, 2.24) is 4.98 Å². The number of halogens is 3. The summed E-state index contributed by atoms with van der Waals surface area (Å²) < 4.78 is 13.1. The van der Waals surface area contributed by atoms with Gasteiger partial charge in [-0.25, -0.2) is 4.98 Å². The molecule has 182 valence electrons. The van der Waals surface area contributed by atoms with Crippen molar-refractivity contribution < 1.29 is 14.3 Å². The van der Waals surface area contributed by atoms with Gasteiger partial charge in [-0.1, -0.05) is 35.3 Å². The van der Waals surface area contributed by atoms with E-state index in [0.717, 1.165) is 10.2 Å². The number of fused-ring (bicyclic) bond motifs is 1. The number of hydrogen-bond donors (Lipinski definition) is 1. The Morgan fingerprint density at radius 2 is 1.97 bits per heavy atom. The summed E-state index contributed by atoms with van der Waals surface area (Å²) in [6.07, 6.45) is 1.74. The van der Waals surface area contributed by atoms with Crippen LogP contribution in [0.25, 0.3) is 21.9 Å². The standard InChI is InChI=1S/C26H18BrCl2N3O3S/c1-2-34-22-11-15(9-16(13-30)26-32-21-5-3-4-6-23(21)36-26)10-18(27)25(22)35-14-24(33)31-17-7-8-19(28)20(29)12-17/h3-12H,2,14H2,1H3,(H,31,33)/b16-9+. The van der Waals surface area contributed by atoms with Gasteiger partial charge in [0.25, 0.3) is 5.91 Å². The lowest BCUT2D eigenvalue weighted by molar-refractivity contribution is -0.118. The molecule has 0 unspecified atom stereocenters. The molecule has 10 heteroatoms. The molecule has 0 aliphatic heterocycles. The number of thiazole rings is 1. The Morgan fingerprint density at radius 1 is 1.17 bits per heavy atom. The first-order valence-electron chi connectivity index (χ1n) is 10.7. The molecule has 0 aliphatic rings. The Hall–Kier alpha value is -3.09. The Labute approximate surface area is 230 Å². The second-order valence-corrected chi connectivity index (χ2v) is 10.1. The molecule has 0 aliphatic carbocycles. The van der Waals surface area contributed by atoms with Crippen LogP contribution >= 0.6 is 50.5 Å². The number of allylic oxidation sites excluding steroid dienone is 1. The maximum atomic E-state index is 12.4. The zero-order valence-corrected chi connectivity index (χ0v) is 22.8. The summed E-state index contributed by atoms with van der Waals surface area (Å²) in [6, 6.07) is 18.3. The summed E-state index contributed by atoms with van der Waals surface area (Å²) >= 11 is 16.9. The molecular formula is C26H18BrCl2N3O3S. The number of nitriles is 1. The fraction of sp³-hybridized carbons (Fsp3) is 0.115. The van der Waals surface area contributed by atoms with Gasteiger partial charge in [0, 0.05) is 5.69 Å². The highest BCUT2D eigenvalue weighted by Crippen LogP contribution is 2.38. The summed E-state index contributed by atoms with van der Waals surface area (Å²) in [4.78, 5) is 17.0. The van der Waals surface area contributed by atoms with E-state index in [-0.39, 0.29) is 12.5 Å². The third-order valence-electron chi connectivity index (χ3n) is 4.84. The molecule has 0 saturated carbocycles. The largest absolute Gasteiger partial charge is 0.490 e. The quantitative estimate of drug-likeness (QED) is 0.208. The number of para-hydroxylation sites is 1. The minimum atomic E-state index is -0.380. The van der Waals surface area contributed by atoms with Gasteiger partial charge in [-0.05, 0) is 77.0 Å². The average molecular weight is 603 g/mol. The van der Waals surface area contributed by atoms with Crippen LogP contribution in [0.4, 0.5) is 5.69 Å². The molecule has 0 bridgehead atoms. The number of ether oxygens (including phenoxy) is 2. The van der Waals surface area contributed by atoms with Crippen molar-refractivity contribution in [1.29, 1.82) is 5.26 Å². The van der Waals surface area contributed by atoms with E-state index in [1.807, 2.05) is 31.2 Å². The number of hydrogen-bond acceptors (Lipinski definition) is 6. The first kappa shape index (κ1) is 26.0. The molecule has 6 nitrogen and oxygen atoms in total. The molecule has 1 heterocycles. The van der Waals surface area contributed by atoms with Crippen LogP contribution in [0.3, 0.4) is 0 Å². The summed E-state index contributed by atoms with van der Waals surface area (Å²) in [7, 11) is 0. The molecule has 1 amide bonds. The van der Waals surface area contributed by atoms with E-state index >= 15 is 0 Å². The van der Waals surface area contributed by atoms with Crippen molar-refractivity contribution in [3.05, 3.63) is 79.7 Å². The van der Waals surface area contributed by atoms with Crippen LogP contribution in [0, 0.1) is 11.3 Å². The lowest BCUT2D eigenvalue weighted by atomic mass is 10.1. The number of amides is 1. The van der Waals surface area contributed by atoms with Crippen LogP contribution in [-0.4, -0.2) is 24.1 Å². The van der Waals surface area contributed by atoms with Crippen LogP contribution in [0.15, 0.2) is 59.1 Å². The minimum absolute atomic E-state index is 0.261. The monoisotopic (exact) mass is 601 g/mol. The van der Waals surface area contributed by atoms with Gasteiger partial charge in [0.15, 0.2) is 18.1 Å². The lowest BCUT2D eigenvalue weighted by Gasteiger charge is -2.15. The molecular weight excluding hydrogens is 585 g/mol. The van der Waals surface area contributed by atoms with Crippen molar-refractivity contribution in [3.8, 4) is 17.6 Å². The first-order valence-corrected chi connectivity index (χ1v) is 13.1. The number of nitrogens with one attached hydrogen (secondary N) is 1. The van der Waals surface area contributed by atoms with Crippen molar-refractivity contribution in [2.75, 3.05) is 18.5 Å². The zero-order chi connectivity index (χ0) is 25.7. The molecule has 3 aromatic carbocycles. The van der Waals surface area contributed by atoms with Crippen molar-refractivity contribution >= 4 is 83.9 Å². The van der Waals surface area contributed by atoms with Crippen LogP contribution in [0.2, 0.25) is 10.0 Å². The van der Waals surface area contributed by atoms with Gasteiger partial charge in [0.1, 0.15) is 11.1 Å². The van der Waals surface area contributed by atoms with E-state index in [0.29, 0.717) is 54.5 Å². The molecule has 0 radical (unpaired) electrons. The molecule has 36 heavy (non-hydrogen) atoms. The minimum Gasteiger partial charge on any atom is -0.490 e. The van der Waals surface area contributed by atoms with Crippen LogP contribution in [-0.2, 0) is 4.79 Å². The van der Waals surface area contributed by atoms with E-state index in [9.17, 15) is 10.1 Å². The van der Waals surface area contributed by atoms with E-state index in [4.69, 9.17) is 32.7 Å². The van der Waals surface area contributed by atoms with Crippen molar-refractivity contribution in [2.24, 2.45) is 0 Å². The molecule has 0 atom stereocenters. The summed E-state index contributed by atoms with van der Waals surface area (Å²) in [5.41, 5.74) is 2.49. The smallest absolute Gasteiger partial charge is 0.262 e. The number of rotatable bonds is 8. The maximum absolute atomic E-state index is 12.4. The highest BCUT2D eigenvalue weighted by molar-refractivity contribution is 9.10. The fourth-order valence-corrected chi connectivity index (χ4v) is 5.08. The predicted molar refractivity (Wildman–Crippen MR) is 149 cm³/mol. The summed E-state index contributed by atoms with van der Waals surface area (Å²) in [5, 5.41) is 13.9. The van der Waals surface area contributed by atoms with Crippen LogP contribution < -0.4 is 14.8 Å². The third kappa shape index (κ3) is 6.18. The van der Waals surface area contributed by atoms with E-state index in [2.05, 4.69) is 32.3 Å². The van der Waals surface area contributed by atoms with E-state index < -0.39 is 0 Å². The normalized spacial score (nSPS) is 11.2. The van der Waals surface area contributed by atoms with Crippen molar-refractivity contribution in [2.45, 2.75) is 6.92 Å². The van der Waals surface area contributed by atoms with Gasteiger partial charge >= 0.3 is 0 Å². The Kier molecular flexibility index (Phi) is 8.49. The lowest BCUT2D eigenvalue weighted by Crippen LogP contribution is -2.20. The summed E-state index contributed by atoms with van der Waals surface area (Å²) in [6.45, 7) is 1.97. The topological polar surface area (TPSA) is 84.2 Å². The molecule has 1 N–H and O–H groups in total. The number of carbonyl (C=O) groups is 1. The number of nitrogens with zero attached hydrogens (tertiary/aromatic N) is 2. The molecule has 0 spiro atoms. The Balaban J connectivity index is 1.55. The summed E-state index contributed by atoms with van der Waals surface area (Å²) in [5.74, 6) is 0.424. The van der Waals surface area contributed by atoms with Crippen molar-refractivity contribution in [3.63, 3.8) is 0 Å². The predicted octanol–water partition coefficient (Wildman–Crippen LogP) is 7.85. The van der Waals surface area contributed by atoms with Gasteiger partial charge in [-0.3, -0.25) is 4.79 Å². The van der Waals surface area contributed by atoms with Gasteiger partial charge < -0.3 is 14.8 Å². The SMILES string of the molecule is CCOc1cc(/C=C(\C#N)c2nc3ccccc3s2)cc(Br)c1OCC(=O)Nc1ccc(Cl)c(Cl)c1. The third-order valence-corrected chi connectivity index (χ3v) is 7.24. The van der Waals surface area contributed by atoms with Gasteiger partial charge in [0.2, 0.25) is 0 Å². The van der Waals surface area contributed by atoms with Crippen LogP contribution in [0.1, 0.15) is 17.5 Å². The fourth-order valence-electron chi connectivity index (χ4n) is 3.28. The Morgan fingerprint density at radius 3 is 2.69 bits per heavy atom. The molecule has 4 rings (SSSR count). The molecule has 0 saturated heterocycles. The van der Waals surface area contributed by atoms with Gasteiger partial charge in [-0.2, -0.15) is 5.26 Å². The molecule has 4 aromatic rings. The van der Waals surface area contributed by atoms with Gasteiger partial charge in [0.05, 0.1) is 36.9 Å². The number of benzene rings is 3. The molecule has 1 aromatic heterocycles. The highest BCUT2D eigenvalue weighted by atomic mass is 79.9. The number of aromatic nitrogens is 1. The molecule has 0 fully saturated rings.